The van der Waals surface area contributed by atoms with Gasteiger partial charge in [-0.1, -0.05) is 12.1 Å². The van der Waals surface area contributed by atoms with Crippen molar-refractivity contribution in [3.63, 3.8) is 0 Å². The molecule has 1 aromatic carbocycles. The topological polar surface area (TPSA) is 82.2 Å². The monoisotopic (exact) mass is 440 g/mol. The molecular weight excluding hydrogens is 408 g/mol. The normalized spacial score (nSPS) is 28.7. The van der Waals surface area contributed by atoms with Crippen LogP contribution >= 0.6 is 0 Å². The average Bonchev–Trinajstić information content (AvgIpc) is 3.47. The van der Waals surface area contributed by atoms with E-state index in [0.29, 0.717) is 31.0 Å². The first kappa shape index (κ1) is 21.2. The third-order valence-electron chi connectivity index (χ3n) is 7.01. The van der Waals surface area contributed by atoms with Gasteiger partial charge in [-0.15, -0.1) is 0 Å². The largest absolute Gasteiger partial charge is 0.444 e. The van der Waals surface area contributed by atoms with E-state index >= 15 is 0 Å². The number of nitrogens with zero attached hydrogens (tertiary/aromatic N) is 3. The van der Waals surface area contributed by atoms with Crippen LogP contribution in [0.3, 0.4) is 0 Å². The molecule has 1 aliphatic carbocycles. The molecule has 3 heterocycles. The summed E-state index contributed by atoms with van der Waals surface area (Å²) < 4.78 is 5.57. The van der Waals surface area contributed by atoms with Crippen molar-refractivity contribution in [2.24, 2.45) is 0 Å². The Bertz CT molecular complexity index is 919. The van der Waals surface area contributed by atoms with Crippen molar-refractivity contribution in [2.45, 2.75) is 69.7 Å². The van der Waals surface area contributed by atoms with Crippen molar-refractivity contribution >= 4 is 23.6 Å². The van der Waals surface area contributed by atoms with E-state index < -0.39 is 5.60 Å². The molecule has 3 aliphatic heterocycles. The van der Waals surface area contributed by atoms with E-state index in [4.69, 9.17) is 4.74 Å². The number of rotatable bonds is 3. The number of hydrogen-bond acceptors (Lipinski definition) is 6. The van der Waals surface area contributed by atoms with Gasteiger partial charge in [0.15, 0.2) is 0 Å². The molecule has 0 spiro atoms. The van der Waals surface area contributed by atoms with Crippen LogP contribution < -0.4 is 10.2 Å². The minimum absolute atomic E-state index is 0.181. The van der Waals surface area contributed by atoms with Crippen LogP contribution in [0.25, 0.3) is 0 Å². The summed E-state index contributed by atoms with van der Waals surface area (Å²) in [5.74, 6) is -0.610. The second-order valence-corrected chi connectivity index (χ2v) is 10.4. The number of carbonyl (C=O) groups excluding carboxylic acids is 3. The van der Waals surface area contributed by atoms with Gasteiger partial charge in [-0.2, -0.15) is 0 Å². The molecule has 32 heavy (non-hydrogen) atoms. The molecule has 1 N–H and O–H groups in total. The Kier molecular flexibility index (Phi) is 5.15. The first-order chi connectivity index (χ1) is 15.2. The third kappa shape index (κ3) is 4.08. The molecule has 4 aliphatic rings. The second-order valence-electron chi connectivity index (χ2n) is 10.4. The van der Waals surface area contributed by atoms with Gasteiger partial charge in [0.25, 0.3) is 0 Å². The van der Waals surface area contributed by atoms with Gasteiger partial charge in [0.1, 0.15) is 5.60 Å². The molecule has 3 amide bonds. The molecule has 8 heteroatoms. The Balaban J connectivity index is 1.13. The zero-order valence-electron chi connectivity index (χ0n) is 19.0. The van der Waals surface area contributed by atoms with E-state index in [2.05, 4.69) is 27.2 Å². The lowest BCUT2D eigenvalue weighted by atomic mass is 9.90. The Labute approximate surface area is 188 Å². The highest BCUT2D eigenvalue weighted by atomic mass is 16.6. The lowest BCUT2D eigenvalue weighted by Gasteiger charge is -2.49. The molecule has 1 aromatic rings. The fourth-order valence-corrected chi connectivity index (χ4v) is 5.22. The number of piperidine rings is 1. The standard InChI is InChI=1S/C24H32N4O4/c1-24(2,3)32-23(31)28-11-10-27(19-12-20(19)28)17-13-26(14-17)16-6-4-15(5-7-16)18-8-9-21(29)25-22(18)30/h4-7,17-20H,8-14H2,1-3H3,(H,25,29,30)/t18?,19-,20+/m1/s1. The number of carbonyl (C=O) groups is 3. The average molecular weight is 441 g/mol. The molecule has 1 saturated carbocycles. The van der Waals surface area contributed by atoms with E-state index in [0.717, 1.165) is 43.9 Å². The number of ether oxygens (including phenoxy) is 1. The molecule has 0 aromatic heterocycles. The molecule has 3 saturated heterocycles. The van der Waals surface area contributed by atoms with Crippen LogP contribution in [-0.4, -0.2) is 77.6 Å². The molecule has 8 nitrogen and oxygen atoms in total. The third-order valence-corrected chi connectivity index (χ3v) is 7.01. The lowest BCUT2D eigenvalue weighted by molar-refractivity contribution is -0.134. The lowest BCUT2D eigenvalue weighted by Crippen LogP contribution is -2.63. The van der Waals surface area contributed by atoms with Crippen molar-refractivity contribution < 1.29 is 19.1 Å². The van der Waals surface area contributed by atoms with Gasteiger partial charge in [0, 0.05) is 50.4 Å². The second kappa shape index (κ2) is 7.76. The number of benzene rings is 1. The predicted molar refractivity (Wildman–Crippen MR) is 119 cm³/mol. The van der Waals surface area contributed by atoms with Gasteiger partial charge < -0.3 is 14.5 Å². The predicted octanol–water partition coefficient (Wildman–Crippen LogP) is 2.09. The molecule has 172 valence electrons. The highest BCUT2D eigenvalue weighted by Gasteiger charge is 2.54. The summed E-state index contributed by atoms with van der Waals surface area (Å²) in [4.78, 5) is 42.8. The highest BCUT2D eigenvalue weighted by Crippen LogP contribution is 2.40. The van der Waals surface area contributed by atoms with Crippen LogP contribution in [0.15, 0.2) is 24.3 Å². The fourth-order valence-electron chi connectivity index (χ4n) is 5.22. The number of hydrogen-bond donors (Lipinski definition) is 1. The van der Waals surface area contributed by atoms with Gasteiger partial charge in [-0.25, -0.2) is 4.79 Å². The van der Waals surface area contributed by atoms with Crippen LogP contribution in [-0.2, 0) is 14.3 Å². The van der Waals surface area contributed by atoms with Crippen molar-refractivity contribution in [1.82, 2.24) is 15.1 Å². The van der Waals surface area contributed by atoms with Gasteiger partial charge in [-0.05, 0) is 51.3 Å². The summed E-state index contributed by atoms with van der Waals surface area (Å²) in [5, 5.41) is 2.43. The SMILES string of the molecule is CC(C)(C)OC(=O)N1CCN(C2CN(c3ccc(C4CCC(=O)NC4=O)cc3)C2)[C@@H]2C[C@@H]21. The summed E-state index contributed by atoms with van der Waals surface area (Å²) in [5.41, 5.74) is 1.67. The van der Waals surface area contributed by atoms with Crippen LogP contribution in [0, 0.1) is 0 Å². The van der Waals surface area contributed by atoms with Gasteiger partial charge in [0.05, 0.1) is 12.0 Å². The van der Waals surface area contributed by atoms with Gasteiger partial charge in [0.2, 0.25) is 11.8 Å². The van der Waals surface area contributed by atoms with E-state index in [1.807, 2.05) is 37.8 Å². The summed E-state index contributed by atoms with van der Waals surface area (Å²) in [6.45, 7) is 9.31. The maximum atomic E-state index is 12.5. The molecule has 5 rings (SSSR count). The molecule has 1 unspecified atom stereocenters. The van der Waals surface area contributed by atoms with Crippen molar-refractivity contribution in [3.8, 4) is 0 Å². The fraction of sp³-hybridized carbons (Fsp3) is 0.625. The Morgan fingerprint density at radius 1 is 1.06 bits per heavy atom. The number of amides is 3. The zero-order chi connectivity index (χ0) is 22.6. The van der Waals surface area contributed by atoms with E-state index in [-0.39, 0.29) is 23.8 Å². The van der Waals surface area contributed by atoms with Crippen LogP contribution in [0.1, 0.15) is 51.5 Å². The quantitative estimate of drug-likeness (QED) is 0.725. The summed E-state index contributed by atoms with van der Waals surface area (Å²) in [7, 11) is 0. The van der Waals surface area contributed by atoms with Crippen LogP contribution in [0.5, 0.6) is 0 Å². The smallest absolute Gasteiger partial charge is 0.410 e. The Morgan fingerprint density at radius 3 is 2.44 bits per heavy atom. The first-order valence-electron chi connectivity index (χ1n) is 11.6. The van der Waals surface area contributed by atoms with Crippen molar-refractivity contribution in [2.75, 3.05) is 31.1 Å². The van der Waals surface area contributed by atoms with Crippen molar-refractivity contribution in [1.29, 1.82) is 0 Å². The zero-order valence-corrected chi connectivity index (χ0v) is 19.0. The first-order valence-corrected chi connectivity index (χ1v) is 11.6. The van der Waals surface area contributed by atoms with Crippen LogP contribution in [0.2, 0.25) is 0 Å². The minimum atomic E-state index is -0.458. The van der Waals surface area contributed by atoms with Crippen LogP contribution in [0.4, 0.5) is 10.5 Å². The van der Waals surface area contributed by atoms with E-state index in [9.17, 15) is 14.4 Å². The number of imide groups is 1. The molecule has 0 bridgehead atoms. The van der Waals surface area contributed by atoms with Gasteiger partial charge >= 0.3 is 6.09 Å². The van der Waals surface area contributed by atoms with E-state index in [1.165, 1.54) is 0 Å². The Hall–Kier alpha value is -2.61. The molecule has 0 radical (unpaired) electrons. The number of fused-ring (bicyclic) bond motifs is 1. The maximum Gasteiger partial charge on any atom is 0.410 e. The minimum Gasteiger partial charge on any atom is -0.444 e. The summed E-state index contributed by atoms with van der Waals surface area (Å²) in [6, 6.07) is 9.45. The van der Waals surface area contributed by atoms with E-state index in [1.54, 1.807) is 0 Å². The summed E-state index contributed by atoms with van der Waals surface area (Å²) in [6.07, 6.45) is 1.83. The molecule has 3 atom stereocenters. The Morgan fingerprint density at radius 2 is 1.78 bits per heavy atom. The summed E-state index contributed by atoms with van der Waals surface area (Å²) >= 11 is 0. The molecular formula is C24H32N4O4. The highest BCUT2D eigenvalue weighted by molar-refractivity contribution is 6.00. The molecule has 4 fully saturated rings. The maximum absolute atomic E-state index is 12.5. The van der Waals surface area contributed by atoms with Crippen molar-refractivity contribution in [3.05, 3.63) is 29.8 Å². The number of anilines is 1. The number of piperazine rings is 1. The number of nitrogens with one attached hydrogen (secondary N) is 1. The van der Waals surface area contributed by atoms with Gasteiger partial charge in [-0.3, -0.25) is 19.8 Å².